The molecule has 0 saturated heterocycles. The number of allylic oxidation sites excluding steroid dienone is 3. The first-order valence-corrected chi connectivity index (χ1v) is 7.18. The maximum Gasteiger partial charge on any atom is 0.0643 e. The summed E-state index contributed by atoms with van der Waals surface area (Å²) in [7, 11) is 0. The van der Waals surface area contributed by atoms with Gasteiger partial charge in [-0.15, -0.1) is 0 Å². The lowest BCUT2D eigenvalue weighted by Crippen LogP contribution is -2.34. The van der Waals surface area contributed by atoms with E-state index in [4.69, 9.17) is 0 Å². The fraction of sp³-hybridized carbons (Fsp3) is 0.471. The van der Waals surface area contributed by atoms with E-state index in [1.54, 1.807) is 0 Å². The van der Waals surface area contributed by atoms with E-state index in [-0.39, 0.29) is 0 Å². The molecular weight excluding hydrogens is 246 g/mol. The Morgan fingerprint density at radius 1 is 1.30 bits per heavy atom. The number of aliphatic imine (C=N–C) groups is 1. The molecule has 3 nitrogen and oxygen atoms in total. The van der Waals surface area contributed by atoms with E-state index in [0.717, 1.165) is 35.5 Å². The van der Waals surface area contributed by atoms with E-state index in [9.17, 15) is 0 Å². The van der Waals surface area contributed by atoms with E-state index in [1.807, 2.05) is 13.8 Å². The number of fused-ring (bicyclic) bond motifs is 2. The minimum absolute atomic E-state index is 0.416. The van der Waals surface area contributed by atoms with Gasteiger partial charge >= 0.3 is 0 Å². The summed E-state index contributed by atoms with van der Waals surface area (Å²) in [6.07, 6.45) is 4.43. The molecule has 1 aliphatic heterocycles. The zero-order valence-corrected chi connectivity index (χ0v) is 13.0. The molecule has 2 bridgehead atoms. The van der Waals surface area contributed by atoms with Crippen molar-refractivity contribution in [2.24, 2.45) is 4.99 Å². The van der Waals surface area contributed by atoms with Crippen LogP contribution in [0.5, 0.6) is 0 Å². The van der Waals surface area contributed by atoms with Crippen LogP contribution in [0.2, 0.25) is 0 Å². The maximum absolute atomic E-state index is 4.68. The van der Waals surface area contributed by atoms with Crippen LogP contribution in [0.4, 0.5) is 0 Å². The summed E-state index contributed by atoms with van der Waals surface area (Å²) in [4.78, 5) is 4.68. The first kappa shape index (κ1) is 14.6. The fourth-order valence-electron chi connectivity index (χ4n) is 2.79. The largest absolute Gasteiger partial charge is 0.388 e. The van der Waals surface area contributed by atoms with Crippen LogP contribution < -0.4 is 10.6 Å². The molecule has 2 rings (SSSR count). The van der Waals surface area contributed by atoms with E-state index < -0.39 is 0 Å². The highest BCUT2D eigenvalue weighted by atomic mass is 15.0. The zero-order valence-electron chi connectivity index (χ0n) is 13.0. The average Bonchev–Trinajstić information content (AvgIpc) is 2.96. The molecule has 0 spiro atoms. The van der Waals surface area contributed by atoms with E-state index in [1.165, 1.54) is 11.1 Å². The van der Waals surface area contributed by atoms with Crippen LogP contribution in [0.3, 0.4) is 0 Å². The van der Waals surface area contributed by atoms with Crippen molar-refractivity contribution in [1.29, 1.82) is 0 Å². The second kappa shape index (κ2) is 5.70. The molecule has 2 N–H and O–H groups in total. The summed E-state index contributed by atoms with van der Waals surface area (Å²) in [6.45, 7) is 16.2. The molecule has 1 heterocycles. The summed E-state index contributed by atoms with van der Waals surface area (Å²) in [5.41, 5.74) is 6.43. The quantitative estimate of drug-likeness (QED) is 0.593. The average molecular weight is 271 g/mol. The number of rotatable bonds is 5. The fourth-order valence-corrected chi connectivity index (χ4v) is 2.79. The van der Waals surface area contributed by atoms with Gasteiger partial charge in [-0.2, -0.15) is 0 Å². The smallest absolute Gasteiger partial charge is 0.0643 e. The second-order valence-electron chi connectivity index (χ2n) is 6.02. The van der Waals surface area contributed by atoms with Crippen molar-refractivity contribution in [2.75, 3.05) is 0 Å². The number of nitrogens with one attached hydrogen (secondary N) is 2. The van der Waals surface area contributed by atoms with Gasteiger partial charge in [0.15, 0.2) is 0 Å². The molecule has 2 unspecified atom stereocenters. The molecule has 0 aromatic carbocycles. The summed E-state index contributed by atoms with van der Waals surface area (Å²) in [6, 6.07) is 1.02. The Morgan fingerprint density at radius 3 is 2.45 bits per heavy atom. The molecule has 1 fully saturated rings. The Bertz CT molecular complexity index is 530. The standard InChI is InChI=1S/C17H25N3/c1-10(2)17(11(3)4)20-13(6)12(5)19-16-8-15-7-14(16)9-18-15/h9,15-16,18-19H,1,5,7-8H2,2-4,6H3. The third-order valence-electron chi connectivity index (χ3n) is 3.90. The molecule has 2 aliphatic rings. The van der Waals surface area contributed by atoms with E-state index in [2.05, 4.69) is 48.8 Å². The van der Waals surface area contributed by atoms with Gasteiger partial charge in [0.1, 0.15) is 0 Å². The van der Waals surface area contributed by atoms with Crippen LogP contribution in [0.1, 0.15) is 40.5 Å². The van der Waals surface area contributed by atoms with Crippen LogP contribution in [-0.2, 0) is 0 Å². The van der Waals surface area contributed by atoms with Crippen molar-refractivity contribution in [1.82, 2.24) is 10.6 Å². The maximum atomic E-state index is 4.68. The van der Waals surface area contributed by atoms with Crippen LogP contribution in [0, 0.1) is 0 Å². The van der Waals surface area contributed by atoms with Gasteiger partial charge in [-0.3, -0.25) is 4.99 Å². The Kier molecular flexibility index (Phi) is 4.17. The van der Waals surface area contributed by atoms with E-state index >= 15 is 0 Å². The molecule has 0 amide bonds. The number of hydrogen-bond acceptors (Lipinski definition) is 3. The minimum Gasteiger partial charge on any atom is -0.388 e. The Labute approximate surface area is 122 Å². The van der Waals surface area contributed by atoms with Gasteiger partial charge in [-0.05, 0) is 57.9 Å². The molecule has 0 radical (unpaired) electrons. The Balaban J connectivity index is 2.05. The zero-order chi connectivity index (χ0) is 14.9. The van der Waals surface area contributed by atoms with Crippen molar-refractivity contribution in [3.05, 3.63) is 47.5 Å². The van der Waals surface area contributed by atoms with Gasteiger partial charge in [0.25, 0.3) is 0 Å². The van der Waals surface area contributed by atoms with Crippen molar-refractivity contribution in [3.8, 4) is 0 Å². The highest BCUT2D eigenvalue weighted by Gasteiger charge is 2.33. The molecule has 1 saturated carbocycles. The molecule has 3 heteroatoms. The summed E-state index contributed by atoms with van der Waals surface area (Å²) >= 11 is 0. The van der Waals surface area contributed by atoms with Gasteiger partial charge in [-0.25, -0.2) is 0 Å². The van der Waals surface area contributed by atoms with Crippen molar-refractivity contribution in [2.45, 2.75) is 52.6 Å². The van der Waals surface area contributed by atoms with Crippen LogP contribution >= 0.6 is 0 Å². The third-order valence-corrected chi connectivity index (χ3v) is 3.90. The van der Waals surface area contributed by atoms with Gasteiger partial charge in [0.2, 0.25) is 0 Å². The first-order valence-electron chi connectivity index (χ1n) is 7.18. The monoisotopic (exact) mass is 271 g/mol. The van der Waals surface area contributed by atoms with Gasteiger partial charge in [-0.1, -0.05) is 18.7 Å². The van der Waals surface area contributed by atoms with Crippen molar-refractivity contribution in [3.63, 3.8) is 0 Å². The summed E-state index contributed by atoms with van der Waals surface area (Å²) < 4.78 is 0. The first-order chi connectivity index (χ1) is 9.38. The molecule has 20 heavy (non-hydrogen) atoms. The molecule has 2 atom stereocenters. The number of hydrogen-bond donors (Lipinski definition) is 2. The van der Waals surface area contributed by atoms with Crippen molar-refractivity contribution >= 4 is 5.71 Å². The highest BCUT2D eigenvalue weighted by Crippen LogP contribution is 2.30. The summed E-state index contributed by atoms with van der Waals surface area (Å²) in [5.74, 6) is 0. The van der Waals surface area contributed by atoms with Gasteiger partial charge in [0.05, 0.1) is 17.5 Å². The lowest BCUT2D eigenvalue weighted by molar-refractivity contribution is 0.551. The van der Waals surface area contributed by atoms with Crippen molar-refractivity contribution < 1.29 is 0 Å². The summed E-state index contributed by atoms with van der Waals surface area (Å²) in [5, 5.41) is 6.88. The van der Waals surface area contributed by atoms with Gasteiger partial charge < -0.3 is 10.6 Å². The van der Waals surface area contributed by atoms with Crippen LogP contribution in [0.25, 0.3) is 0 Å². The molecule has 0 aromatic heterocycles. The second-order valence-corrected chi connectivity index (χ2v) is 6.02. The SMILES string of the molecule is C=C(C)C(N=C(C)C(=C)NC1CC2CC1=CN2)=C(C)C. The molecular formula is C17H25N3. The third kappa shape index (κ3) is 3.03. The van der Waals surface area contributed by atoms with Gasteiger partial charge in [0, 0.05) is 11.7 Å². The predicted molar refractivity (Wildman–Crippen MR) is 86.6 cm³/mol. The molecule has 108 valence electrons. The Hall–Kier alpha value is -1.77. The molecule has 1 aliphatic carbocycles. The Morgan fingerprint density at radius 2 is 2.00 bits per heavy atom. The normalized spacial score (nSPS) is 24.0. The van der Waals surface area contributed by atoms with E-state index in [0.29, 0.717) is 12.1 Å². The minimum atomic E-state index is 0.416. The lowest BCUT2D eigenvalue weighted by atomic mass is 10.1. The van der Waals surface area contributed by atoms with Crippen LogP contribution in [0.15, 0.2) is 52.5 Å². The predicted octanol–water partition coefficient (Wildman–Crippen LogP) is 3.44. The number of nitrogens with zero attached hydrogens (tertiary/aromatic N) is 1. The molecule has 0 aromatic rings. The topological polar surface area (TPSA) is 36.4 Å². The highest BCUT2D eigenvalue weighted by molar-refractivity contribution is 5.98. The van der Waals surface area contributed by atoms with Crippen LogP contribution in [-0.4, -0.2) is 17.8 Å². The lowest BCUT2D eigenvalue weighted by Gasteiger charge is -2.21.